The molecule has 1 N–H and O–H groups in total. The lowest BCUT2D eigenvalue weighted by atomic mass is 10.2. The third-order valence-corrected chi connectivity index (χ3v) is 4.23. The number of hydrogen-bond donors (Lipinski definition) is 1. The van der Waals surface area contributed by atoms with Gasteiger partial charge in [-0.25, -0.2) is 4.39 Å². The molecule has 6 heteroatoms. The number of halogens is 3. The highest BCUT2D eigenvalue weighted by molar-refractivity contribution is 7.71. The van der Waals surface area contributed by atoms with Crippen LogP contribution in [-0.2, 0) is 0 Å². The SMILES string of the molecule is Cc1cc2c(cc1F)[nH]c(=S)n2-c1cccc(Cl)c1Cl. The fourth-order valence-corrected chi connectivity index (χ4v) is 2.82. The van der Waals surface area contributed by atoms with Gasteiger partial charge >= 0.3 is 0 Å². The van der Waals surface area contributed by atoms with Gasteiger partial charge in [-0.15, -0.1) is 0 Å². The molecule has 0 bridgehead atoms. The maximum Gasteiger partial charge on any atom is 0.182 e. The van der Waals surface area contributed by atoms with Gasteiger partial charge in [0, 0.05) is 0 Å². The maximum atomic E-state index is 13.6. The molecular weight excluding hydrogens is 318 g/mol. The van der Waals surface area contributed by atoms with Crippen LogP contribution in [0.5, 0.6) is 0 Å². The van der Waals surface area contributed by atoms with Gasteiger partial charge < -0.3 is 4.98 Å². The standard InChI is InChI=1S/C14H9Cl2FN2S/c1-7-5-12-10(6-9(7)17)18-14(20)19(12)11-4-2-3-8(15)13(11)16/h2-6H,1H3,(H,18,20). The summed E-state index contributed by atoms with van der Waals surface area (Å²) in [5.41, 5.74) is 2.59. The number of aromatic nitrogens is 2. The van der Waals surface area contributed by atoms with Crippen LogP contribution in [0.25, 0.3) is 16.7 Å². The van der Waals surface area contributed by atoms with E-state index in [2.05, 4.69) is 4.98 Å². The summed E-state index contributed by atoms with van der Waals surface area (Å²) in [6.07, 6.45) is 0. The van der Waals surface area contributed by atoms with Gasteiger partial charge in [-0.1, -0.05) is 29.3 Å². The van der Waals surface area contributed by atoms with Crippen molar-refractivity contribution in [1.82, 2.24) is 9.55 Å². The maximum absolute atomic E-state index is 13.6. The zero-order valence-corrected chi connectivity index (χ0v) is 12.7. The second kappa shape index (κ2) is 4.88. The number of aryl methyl sites for hydroxylation is 1. The third kappa shape index (κ3) is 2.04. The molecule has 1 aromatic heterocycles. The molecule has 0 amide bonds. The average Bonchev–Trinajstić information content (AvgIpc) is 2.69. The number of benzene rings is 2. The van der Waals surface area contributed by atoms with Gasteiger partial charge in [-0.2, -0.15) is 0 Å². The zero-order valence-electron chi connectivity index (χ0n) is 10.4. The summed E-state index contributed by atoms with van der Waals surface area (Å²) in [6.45, 7) is 1.70. The number of nitrogens with zero attached hydrogens (tertiary/aromatic N) is 1. The molecule has 0 aliphatic heterocycles. The van der Waals surface area contributed by atoms with Gasteiger partial charge in [-0.3, -0.25) is 4.57 Å². The molecule has 0 aliphatic rings. The summed E-state index contributed by atoms with van der Waals surface area (Å²) in [7, 11) is 0. The lowest BCUT2D eigenvalue weighted by Crippen LogP contribution is -1.96. The topological polar surface area (TPSA) is 20.7 Å². The van der Waals surface area contributed by atoms with Crippen molar-refractivity contribution in [3.8, 4) is 5.69 Å². The highest BCUT2D eigenvalue weighted by atomic mass is 35.5. The van der Waals surface area contributed by atoms with E-state index in [0.717, 1.165) is 5.52 Å². The van der Waals surface area contributed by atoms with Gasteiger partial charge in [0.2, 0.25) is 0 Å². The van der Waals surface area contributed by atoms with Crippen molar-refractivity contribution < 1.29 is 4.39 Å². The molecule has 3 aromatic rings. The van der Waals surface area contributed by atoms with E-state index in [1.165, 1.54) is 6.07 Å². The fraction of sp³-hybridized carbons (Fsp3) is 0.0714. The minimum Gasteiger partial charge on any atom is -0.330 e. The Balaban J connectivity index is 2.42. The van der Waals surface area contributed by atoms with Gasteiger partial charge in [0.05, 0.1) is 26.8 Å². The summed E-state index contributed by atoms with van der Waals surface area (Å²) in [6, 6.07) is 8.47. The zero-order chi connectivity index (χ0) is 14.4. The molecule has 3 rings (SSSR count). The predicted octanol–water partition coefficient (Wildman–Crippen LogP) is 5.44. The minimum atomic E-state index is -0.280. The van der Waals surface area contributed by atoms with Crippen LogP contribution in [0.3, 0.4) is 0 Å². The van der Waals surface area contributed by atoms with Crippen LogP contribution >= 0.6 is 35.4 Å². The van der Waals surface area contributed by atoms with Crippen molar-refractivity contribution >= 4 is 46.5 Å². The van der Waals surface area contributed by atoms with Crippen LogP contribution in [-0.4, -0.2) is 9.55 Å². The van der Waals surface area contributed by atoms with Gasteiger partial charge in [-0.05, 0) is 49.0 Å². The largest absolute Gasteiger partial charge is 0.330 e. The molecule has 0 radical (unpaired) electrons. The van der Waals surface area contributed by atoms with Gasteiger partial charge in [0.1, 0.15) is 5.82 Å². The number of rotatable bonds is 1. The molecule has 0 spiro atoms. The van der Waals surface area contributed by atoms with Crippen LogP contribution in [0.1, 0.15) is 5.56 Å². The molecule has 0 aliphatic carbocycles. The summed E-state index contributed by atoms with van der Waals surface area (Å²) in [5, 5.41) is 0.854. The Morgan fingerprint density at radius 3 is 2.75 bits per heavy atom. The lowest BCUT2D eigenvalue weighted by molar-refractivity contribution is 0.620. The Kier molecular flexibility index (Phi) is 3.32. The monoisotopic (exact) mass is 326 g/mol. The first-order valence-electron chi connectivity index (χ1n) is 5.84. The molecule has 102 valence electrons. The van der Waals surface area contributed by atoms with E-state index in [1.54, 1.807) is 29.7 Å². The van der Waals surface area contributed by atoms with Crippen molar-refractivity contribution in [2.24, 2.45) is 0 Å². The highest BCUT2D eigenvalue weighted by Gasteiger charge is 2.13. The predicted molar refractivity (Wildman–Crippen MR) is 83.2 cm³/mol. The Labute approximate surface area is 129 Å². The lowest BCUT2D eigenvalue weighted by Gasteiger charge is -2.08. The molecule has 20 heavy (non-hydrogen) atoms. The summed E-state index contributed by atoms with van der Waals surface area (Å²) >= 11 is 17.6. The van der Waals surface area contributed by atoms with E-state index in [4.69, 9.17) is 35.4 Å². The van der Waals surface area contributed by atoms with E-state index in [0.29, 0.717) is 31.6 Å². The average molecular weight is 327 g/mol. The second-order valence-corrected chi connectivity index (χ2v) is 5.63. The van der Waals surface area contributed by atoms with Crippen molar-refractivity contribution in [3.63, 3.8) is 0 Å². The number of nitrogens with one attached hydrogen (secondary N) is 1. The van der Waals surface area contributed by atoms with E-state index in [9.17, 15) is 4.39 Å². The normalized spacial score (nSPS) is 11.2. The number of aromatic amines is 1. The van der Waals surface area contributed by atoms with Crippen molar-refractivity contribution in [2.45, 2.75) is 6.92 Å². The summed E-state index contributed by atoms with van der Waals surface area (Å²) in [4.78, 5) is 2.98. The van der Waals surface area contributed by atoms with Crippen LogP contribution in [0.15, 0.2) is 30.3 Å². The number of H-pyrrole nitrogens is 1. The Hall–Kier alpha value is -1.36. The first kappa shape index (κ1) is 13.6. The molecule has 0 saturated heterocycles. The third-order valence-electron chi connectivity index (χ3n) is 3.13. The number of imidazole rings is 1. The van der Waals surface area contributed by atoms with Crippen molar-refractivity contribution in [3.05, 3.63) is 56.5 Å². The van der Waals surface area contributed by atoms with E-state index < -0.39 is 0 Å². The van der Waals surface area contributed by atoms with Gasteiger partial charge in [0.15, 0.2) is 4.77 Å². The van der Waals surface area contributed by atoms with Gasteiger partial charge in [0.25, 0.3) is 0 Å². The van der Waals surface area contributed by atoms with E-state index >= 15 is 0 Å². The molecule has 0 fully saturated rings. The molecule has 0 saturated carbocycles. The smallest absolute Gasteiger partial charge is 0.182 e. The quantitative estimate of drug-likeness (QED) is 0.590. The van der Waals surface area contributed by atoms with E-state index in [1.807, 2.05) is 6.07 Å². The Morgan fingerprint density at radius 2 is 2.00 bits per heavy atom. The first-order valence-corrected chi connectivity index (χ1v) is 7.00. The molecule has 2 aromatic carbocycles. The van der Waals surface area contributed by atoms with Crippen molar-refractivity contribution in [1.29, 1.82) is 0 Å². The fourth-order valence-electron chi connectivity index (χ4n) is 2.14. The Morgan fingerprint density at radius 1 is 1.25 bits per heavy atom. The highest BCUT2D eigenvalue weighted by Crippen LogP contribution is 2.31. The molecule has 2 nitrogen and oxygen atoms in total. The molecule has 0 atom stereocenters. The number of hydrogen-bond acceptors (Lipinski definition) is 1. The second-order valence-electron chi connectivity index (χ2n) is 4.46. The molecule has 1 heterocycles. The van der Waals surface area contributed by atoms with E-state index in [-0.39, 0.29) is 5.82 Å². The number of fused-ring (bicyclic) bond motifs is 1. The van der Waals surface area contributed by atoms with Crippen LogP contribution in [0, 0.1) is 17.5 Å². The first-order chi connectivity index (χ1) is 9.49. The molecule has 0 unspecified atom stereocenters. The van der Waals surface area contributed by atoms with Crippen LogP contribution in [0.4, 0.5) is 4.39 Å². The summed E-state index contributed by atoms with van der Waals surface area (Å²) < 4.78 is 15.8. The van der Waals surface area contributed by atoms with Crippen molar-refractivity contribution in [2.75, 3.05) is 0 Å². The van der Waals surface area contributed by atoms with Crippen LogP contribution in [0.2, 0.25) is 10.0 Å². The summed E-state index contributed by atoms with van der Waals surface area (Å²) in [5.74, 6) is -0.280. The Bertz CT molecular complexity index is 883. The van der Waals surface area contributed by atoms with Crippen LogP contribution < -0.4 is 0 Å². The minimum absolute atomic E-state index is 0.280. The molecular formula is C14H9Cl2FN2S.